The molecule has 1 aromatic rings. The fourth-order valence-electron chi connectivity index (χ4n) is 1.16. The van der Waals surface area contributed by atoms with Gasteiger partial charge in [-0.2, -0.15) is 22.0 Å². The number of benzene rings is 1. The van der Waals surface area contributed by atoms with Crippen molar-refractivity contribution in [2.45, 2.75) is 12.1 Å². The zero-order valence-electron chi connectivity index (χ0n) is 7.48. The van der Waals surface area contributed by atoms with E-state index in [1.165, 1.54) is 0 Å². The molecule has 84 valence electrons. The van der Waals surface area contributed by atoms with E-state index in [0.717, 1.165) is 18.2 Å². The normalized spacial score (nSPS) is 12.9. The molecule has 0 heterocycles. The molecule has 1 aromatic carbocycles. The van der Waals surface area contributed by atoms with Crippen LogP contribution in [0.4, 0.5) is 22.0 Å². The first-order valence-electron chi connectivity index (χ1n) is 4.03. The lowest BCUT2D eigenvalue weighted by Crippen LogP contribution is -2.28. The molecular weight excluding hydrogens is 217 g/mol. The molecular formula is C9H8F5N. The van der Waals surface area contributed by atoms with Crippen molar-refractivity contribution in [3.05, 3.63) is 35.4 Å². The third-order valence-electron chi connectivity index (χ3n) is 1.88. The van der Waals surface area contributed by atoms with Gasteiger partial charge in [0, 0.05) is 5.56 Å². The maximum absolute atomic E-state index is 13.1. The summed E-state index contributed by atoms with van der Waals surface area (Å²) in [5.41, 5.74) is 2.30. The summed E-state index contributed by atoms with van der Waals surface area (Å²) in [6.07, 6.45) is -4.80. The van der Waals surface area contributed by atoms with Crippen LogP contribution < -0.4 is 5.73 Å². The van der Waals surface area contributed by atoms with E-state index in [1.807, 2.05) is 0 Å². The smallest absolute Gasteiger partial charge is 0.325 e. The lowest BCUT2D eigenvalue weighted by molar-refractivity contribution is -0.141. The fraction of sp³-hybridized carbons (Fsp3) is 0.333. The molecule has 0 unspecified atom stereocenters. The van der Waals surface area contributed by atoms with Gasteiger partial charge in [0.1, 0.15) is 0 Å². The molecule has 0 saturated heterocycles. The number of hydrogen-bond acceptors (Lipinski definition) is 1. The number of hydrogen-bond donors (Lipinski definition) is 1. The monoisotopic (exact) mass is 225 g/mol. The predicted molar refractivity (Wildman–Crippen MR) is 44.4 cm³/mol. The van der Waals surface area contributed by atoms with Crippen molar-refractivity contribution in [2.75, 3.05) is 6.54 Å². The highest BCUT2D eigenvalue weighted by molar-refractivity contribution is 5.33. The van der Waals surface area contributed by atoms with Gasteiger partial charge >= 0.3 is 6.18 Å². The van der Waals surface area contributed by atoms with Gasteiger partial charge < -0.3 is 5.73 Å². The molecule has 1 nitrogen and oxygen atoms in total. The van der Waals surface area contributed by atoms with Crippen molar-refractivity contribution in [2.24, 2.45) is 5.73 Å². The molecule has 0 radical (unpaired) electrons. The Morgan fingerprint density at radius 3 is 1.80 bits per heavy atom. The van der Waals surface area contributed by atoms with Crippen LogP contribution >= 0.6 is 0 Å². The van der Waals surface area contributed by atoms with Crippen LogP contribution in [0, 0.1) is 0 Å². The summed E-state index contributed by atoms with van der Waals surface area (Å²) in [5.74, 6) is -3.66. The number of nitrogens with two attached hydrogens (primary N) is 1. The summed E-state index contributed by atoms with van der Waals surface area (Å²) in [4.78, 5) is 0. The highest BCUT2D eigenvalue weighted by Gasteiger charge is 2.41. The van der Waals surface area contributed by atoms with Crippen molar-refractivity contribution < 1.29 is 22.0 Å². The maximum Gasteiger partial charge on any atom is 0.416 e. The number of halogens is 5. The Balaban J connectivity index is 3.31. The summed E-state index contributed by atoms with van der Waals surface area (Å²) in [5, 5.41) is 0. The third kappa shape index (κ3) is 2.44. The van der Waals surface area contributed by atoms with Crippen molar-refractivity contribution in [3.63, 3.8) is 0 Å². The summed E-state index contributed by atoms with van der Waals surface area (Å²) in [6, 6.07) is 3.52. The first-order chi connectivity index (χ1) is 6.79. The minimum atomic E-state index is -4.80. The van der Waals surface area contributed by atoms with Crippen LogP contribution in [0.25, 0.3) is 0 Å². The van der Waals surface area contributed by atoms with Gasteiger partial charge in [-0.15, -0.1) is 0 Å². The summed E-state index contributed by atoms with van der Waals surface area (Å²) in [7, 11) is 0. The molecule has 0 saturated carbocycles. The number of alkyl halides is 5. The standard InChI is InChI=1S/C9H8F5N/c10-8(11,5-15)6-3-1-2-4-7(6)9(12,13)14/h1-4H,5,15H2. The zero-order chi connectivity index (χ0) is 11.7. The lowest BCUT2D eigenvalue weighted by Gasteiger charge is -2.19. The molecule has 0 aromatic heterocycles. The van der Waals surface area contributed by atoms with Crippen LogP contribution in [0.2, 0.25) is 0 Å². The Labute approximate surface area is 82.7 Å². The Morgan fingerprint density at radius 2 is 1.40 bits per heavy atom. The Bertz CT molecular complexity index is 345. The van der Waals surface area contributed by atoms with E-state index in [2.05, 4.69) is 0 Å². The topological polar surface area (TPSA) is 26.0 Å². The van der Waals surface area contributed by atoms with Gasteiger partial charge in [0.25, 0.3) is 5.92 Å². The van der Waals surface area contributed by atoms with Crippen molar-refractivity contribution in [1.29, 1.82) is 0 Å². The van der Waals surface area contributed by atoms with E-state index in [-0.39, 0.29) is 0 Å². The van der Waals surface area contributed by atoms with E-state index in [0.29, 0.717) is 6.07 Å². The molecule has 0 aliphatic rings. The predicted octanol–water partition coefficient (Wildman–Crippen LogP) is 2.76. The van der Waals surface area contributed by atoms with Crippen molar-refractivity contribution in [1.82, 2.24) is 0 Å². The maximum atomic E-state index is 13.1. The minimum absolute atomic E-state index is 0.610. The number of rotatable bonds is 2. The van der Waals surface area contributed by atoms with Gasteiger partial charge in [-0.05, 0) is 6.07 Å². The van der Waals surface area contributed by atoms with Crippen LogP contribution in [0.5, 0.6) is 0 Å². The van der Waals surface area contributed by atoms with Crippen molar-refractivity contribution >= 4 is 0 Å². The van der Waals surface area contributed by atoms with E-state index < -0.39 is 29.8 Å². The largest absolute Gasteiger partial charge is 0.416 e. The fourth-order valence-corrected chi connectivity index (χ4v) is 1.16. The van der Waals surface area contributed by atoms with Gasteiger partial charge in [0.15, 0.2) is 0 Å². The zero-order valence-corrected chi connectivity index (χ0v) is 7.48. The van der Waals surface area contributed by atoms with Gasteiger partial charge in [0.2, 0.25) is 0 Å². The van der Waals surface area contributed by atoms with Gasteiger partial charge in [-0.25, -0.2) is 0 Å². The summed E-state index contributed by atoms with van der Waals surface area (Å²) in [6.45, 7) is -1.15. The average molecular weight is 225 g/mol. The van der Waals surface area contributed by atoms with Gasteiger partial charge in [0.05, 0.1) is 12.1 Å². The molecule has 0 aliphatic carbocycles. The quantitative estimate of drug-likeness (QED) is 0.769. The highest BCUT2D eigenvalue weighted by Crippen LogP contribution is 2.38. The Kier molecular flexibility index (Phi) is 2.99. The van der Waals surface area contributed by atoms with Crippen LogP contribution in [0.3, 0.4) is 0 Å². The molecule has 0 aliphatic heterocycles. The van der Waals surface area contributed by atoms with Crippen LogP contribution in [-0.4, -0.2) is 6.54 Å². The van der Waals surface area contributed by atoms with E-state index >= 15 is 0 Å². The third-order valence-corrected chi connectivity index (χ3v) is 1.88. The molecule has 0 fully saturated rings. The van der Waals surface area contributed by atoms with E-state index in [9.17, 15) is 22.0 Å². The molecule has 1 rings (SSSR count). The summed E-state index contributed by atoms with van der Waals surface area (Å²) >= 11 is 0. The lowest BCUT2D eigenvalue weighted by atomic mass is 10.0. The molecule has 15 heavy (non-hydrogen) atoms. The van der Waals surface area contributed by atoms with Crippen LogP contribution in [-0.2, 0) is 12.1 Å². The first kappa shape index (κ1) is 11.9. The second-order valence-corrected chi connectivity index (χ2v) is 2.95. The average Bonchev–Trinajstić information content (AvgIpc) is 2.16. The molecule has 0 amide bonds. The molecule has 6 heteroatoms. The first-order valence-corrected chi connectivity index (χ1v) is 4.03. The SMILES string of the molecule is NCC(F)(F)c1ccccc1C(F)(F)F. The highest BCUT2D eigenvalue weighted by atomic mass is 19.4. The second kappa shape index (κ2) is 3.77. The van der Waals surface area contributed by atoms with Crippen molar-refractivity contribution in [3.8, 4) is 0 Å². The Morgan fingerprint density at radius 1 is 0.933 bits per heavy atom. The van der Waals surface area contributed by atoms with E-state index in [1.54, 1.807) is 0 Å². The minimum Gasteiger partial charge on any atom is -0.325 e. The molecule has 0 spiro atoms. The van der Waals surface area contributed by atoms with E-state index in [4.69, 9.17) is 5.73 Å². The molecule has 0 atom stereocenters. The summed E-state index contributed by atoms with van der Waals surface area (Å²) < 4.78 is 63.1. The van der Waals surface area contributed by atoms with Crippen LogP contribution in [0.15, 0.2) is 24.3 Å². The Hall–Kier alpha value is -1.17. The van der Waals surface area contributed by atoms with Gasteiger partial charge in [-0.3, -0.25) is 0 Å². The molecule has 0 bridgehead atoms. The second-order valence-electron chi connectivity index (χ2n) is 2.95. The van der Waals surface area contributed by atoms with Crippen LogP contribution in [0.1, 0.15) is 11.1 Å². The molecule has 2 N–H and O–H groups in total. The van der Waals surface area contributed by atoms with Gasteiger partial charge in [-0.1, -0.05) is 18.2 Å².